The van der Waals surface area contributed by atoms with E-state index in [1.165, 1.54) is 4.90 Å². The lowest BCUT2D eigenvalue weighted by Crippen LogP contribution is -2.30. The zero-order valence-corrected chi connectivity index (χ0v) is 20.4. The molecule has 0 radical (unpaired) electrons. The number of likely N-dealkylation sites (N-methyl/N-ethyl adjacent to an activating group) is 1. The average molecular weight is 486 g/mol. The smallest absolute Gasteiger partial charge is 0.338 e. The van der Waals surface area contributed by atoms with Gasteiger partial charge in [0.05, 0.1) is 12.2 Å². The molecular weight excluding hydrogens is 458 g/mol. The lowest BCUT2D eigenvalue weighted by Gasteiger charge is -2.17. The van der Waals surface area contributed by atoms with Crippen molar-refractivity contribution in [3.8, 4) is 28.7 Å². The van der Waals surface area contributed by atoms with Crippen LogP contribution in [0.25, 0.3) is 22.9 Å². The first-order valence-electron chi connectivity index (χ1n) is 11.6. The number of ether oxygens (including phenoxy) is 2. The highest BCUT2D eigenvalue weighted by Gasteiger charge is 2.15. The van der Waals surface area contributed by atoms with Crippen LogP contribution in [0.5, 0.6) is 5.75 Å². The Labute approximate surface area is 209 Å². The maximum atomic E-state index is 12.4. The number of aromatic nitrogens is 2. The van der Waals surface area contributed by atoms with Crippen molar-refractivity contribution in [1.29, 1.82) is 0 Å². The van der Waals surface area contributed by atoms with Gasteiger partial charge in [-0.1, -0.05) is 29.8 Å². The second-order valence-corrected chi connectivity index (χ2v) is 8.26. The molecule has 0 spiro atoms. The van der Waals surface area contributed by atoms with E-state index in [-0.39, 0.29) is 12.5 Å². The van der Waals surface area contributed by atoms with Gasteiger partial charge in [0.25, 0.3) is 5.91 Å². The summed E-state index contributed by atoms with van der Waals surface area (Å²) in [6.07, 6.45) is 0. The molecule has 1 heterocycles. The summed E-state index contributed by atoms with van der Waals surface area (Å²) in [7, 11) is 1.66. The van der Waals surface area contributed by atoms with Gasteiger partial charge in [-0.3, -0.25) is 4.79 Å². The first-order chi connectivity index (χ1) is 17.4. The first-order valence-corrected chi connectivity index (χ1v) is 11.6. The van der Waals surface area contributed by atoms with Crippen molar-refractivity contribution >= 4 is 11.9 Å². The average Bonchev–Trinajstić information content (AvgIpc) is 3.39. The lowest BCUT2D eigenvalue weighted by atomic mass is 10.1. The molecule has 4 rings (SSSR count). The van der Waals surface area contributed by atoms with Crippen LogP contribution in [0.1, 0.15) is 28.4 Å². The normalized spacial score (nSPS) is 10.6. The van der Waals surface area contributed by atoms with E-state index in [0.29, 0.717) is 36.1 Å². The Morgan fingerprint density at radius 3 is 2.03 bits per heavy atom. The van der Waals surface area contributed by atoms with Crippen LogP contribution in [-0.4, -0.2) is 47.2 Å². The zero-order chi connectivity index (χ0) is 25.5. The summed E-state index contributed by atoms with van der Waals surface area (Å²) in [4.78, 5) is 26.4. The number of nitrogens with zero attached hydrogens (tertiary/aromatic N) is 3. The topological polar surface area (TPSA) is 94.8 Å². The molecule has 8 heteroatoms. The van der Waals surface area contributed by atoms with Gasteiger partial charge in [-0.2, -0.15) is 0 Å². The van der Waals surface area contributed by atoms with Crippen LogP contribution in [-0.2, 0) is 16.1 Å². The number of hydrogen-bond donors (Lipinski definition) is 0. The van der Waals surface area contributed by atoms with E-state index >= 15 is 0 Å². The molecule has 0 saturated carbocycles. The summed E-state index contributed by atoms with van der Waals surface area (Å²) in [5, 5.41) is 8.20. The third kappa shape index (κ3) is 6.15. The molecule has 0 fully saturated rings. The molecule has 1 aromatic heterocycles. The van der Waals surface area contributed by atoms with Crippen molar-refractivity contribution in [3.63, 3.8) is 0 Å². The van der Waals surface area contributed by atoms with Crippen LogP contribution in [0.3, 0.4) is 0 Å². The van der Waals surface area contributed by atoms with Crippen molar-refractivity contribution in [2.45, 2.75) is 20.4 Å². The quantitative estimate of drug-likeness (QED) is 0.310. The van der Waals surface area contributed by atoms with E-state index in [1.54, 1.807) is 31.3 Å². The maximum absolute atomic E-state index is 12.4. The Morgan fingerprint density at radius 2 is 1.44 bits per heavy atom. The molecule has 8 nitrogen and oxygen atoms in total. The molecule has 184 valence electrons. The van der Waals surface area contributed by atoms with E-state index in [0.717, 1.165) is 22.4 Å². The summed E-state index contributed by atoms with van der Waals surface area (Å²) in [6, 6.07) is 21.9. The van der Waals surface area contributed by atoms with Crippen LogP contribution in [0, 0.1) is 6.92 Å². The molecular formula is C28H27N3O5. The SMILES string of the molecule is CCOc1ccc(CN(C)C(=O)COC(=O)c2ccc(-c3nnc(-c4ccc(C)cc4)o3)cc2)cc1. The van der Waals surface area contributed by atoms with Gasteiger partial charge in [0.15, 0.2) is 6.61 Å². The highest BCUT2D eigenvalue weighted by Crippen LogP contribution is 2.24. The fourth-order valence-corrected chi connectivity index (χ4v) is 3.44. The Hall–Kier alpha value is -4.46. The minimum atomic E-state index is -0.588. The zero-order valence-electron chi connectivity index (χ0n) is 20.4. The van der Waals surface area contributed by atoms with E-state index in [2.05, 4.69) is 10.2 Å². The molecule has 0 aliphatic rings. The number of carbonyl (C=O) groups is 2. The van der Waals surface area contributed by atoms with Gasteiger partial charge < -0.3 is 18.8 Å². The van der Waals surface area contributed by atoms with E-state index < -0.39 is 5.97 Å². The number of carbonyl (C=O) groups excluding carboxylic acids is 2. The van der Waals surface area contributed by atoms with Gasteiger partial charge in [0.2, 0.25) is 11.8 Å². The van der Waals surface area contributed by atoms with Crippen molar-refractivity contribution in [1.82, 2.24) is 15.1 Å². The van der Waals surface area contributed by atoms with Crippen molar-refractivity contribution in [2.75, 3.05) is 20.3 Å². The van der Waals surface area contributed by atoms with E-state index in [1.807, 2.05) is 62.4 Å². The number of benzene rings is 3. The van der Waals surface area contributed by atoms with Crippen LogP contribution in [0.4, 0.5) is 0 Å². The fourth-order valence-electron chi connectivity index (χ4n) is 3.44. The second-order valence-electron chi connectivity index (χ2n) is 8.26. The van der Waals surface area contributed by atoms with Crippen molar-refractivity contribution < 1.29 is 23.5 Å². The molecule has 36 heavy (non-hydrogen) atoms. The Kier molecular flexibility index (Phi) is 7.75. The molecule has 0 saturated heterocycles. The third-order valence-corrected chi connectivity index (χ3v) is 5.50. The molecule has 0 bridgehead atoms. The summed E-state index contributed by atoms with van der Waals surface area (Å²) in [6.45, 7) is 4.57. The minimum absolute atomic E-state index is 0.302. The number of aryl methyl sites for hydroxylation is 1. The number of amides is 1. The predicted molar refractivity (Wildman–Crippen MR) is 134 cm³/mol. The largest absolute Gasteiger partial charge is 0.494 e. The summed E-state index contributed by atoms with van der Waals surface area (Å²) in [5.41, 5.74) is 3.91. The summed E-state index contributed by atoms with van der Waals surface area (Å²) >= 11 is 0. The molecule has 0 aliphatic heterocycles. The summed E-state index contributed by atoms with van der Waals surface area (Å²) in [5.74, 6) is 0.650. The van der Waals surface area contributed by atoms with Crippen molar-refractivity contribution in [2.24, 2.45) is 0 Å². The van der Waals surface area contributed by atoms with Gasteiger partial charge in [0, 0.05) is 24.7 Å². The molecule has 0 atom stereocenters. The molecule has 1 amide bonds. The predicted octanol–water partition coefficient (Wildman–Crippen LogP) is 4.93. The molecule has 0 unspecified atom stereocenters. The first kappa shape index (κ1) is 24.7. The molecule has 3 aromatic carbocycles. The van der Waals surface area contributed by atoms with Gasteiger partial charge in [-0.05, 0) is 67.9 Å². The van der Waals surface area contributed by atoms with Gasteiger partial charge in [0.1, 0.15) is 5.75 Å². The second kappa shape index (κ2) is 11.3. The summed E-state index contributed by atoms with van der Waals surface area (Å²) < 4.78 is 16.4. The maximum Gasteiger partial charge on any atom is 0.338 e. The standard InChI is InChI=1S/C28H27N3O5/c1-4-34-24-15-7-20(8-16-24)17-31(3)25(32)18-35-28(33)23-13-11-22(12-14-23)27-30-29-26(36-27)21-9-5-19(2)6-10-21/h5-16H,4,17-18H2,1-3H3. The van der Waals surface area contributed by atoms with Gasteiger partial charge in [-0.15, -0.1) is 10.2 Å². The fraction of sp³-hybridized carbons (Fsp3) is 0.214. The molecule has 4 aromatic rings. The highest BCUT2D eigenvalue weighted by atomic mass is 16.5. The Balaban J connectivity index is 1.30. The third-order valence-electron chi connectivity index (χ3n) is 5.50. The molecule has 0 aliphatic carbocycles. The van der Waals surface area contributed by atoms with Crippen molar-refractivity contribution in [3.05, 3.63) is 89.5 Å². The lowest BCUT2D eigenvalue weighted by molar-refractivity contribution is -0.133. The van der Waals surface area contributed by atoms with E-state index in [4.69, 9.17) is 13.9 Å². The van der Waals surface area contributed by atoms with Crippen LogP contribution >= 0.6 is 0 Å². The number of hydrogen-bond acceptors (Lipinski definition) is 7. The Morgan fingerprint density at radius 1 is 0.861 bits per heavy atom. The van der Waals surface area contributed by atoms with Crippen LogP contribution in [0.15, 0.2) is 77.2 Å². The monoisotopic (exact) mass is 485 g/mol. The minimum Gasteiger partial charge on any atom is -0.494 e. The van der Waals surface area contributed by atoms with Gasteiger partial charge in [-0.25, -0.2) is 4.79 Å². The molecule has 0 N–H and O–H groups in total. The highest BCUT2D eigenvalue weighted by molar-refractivity contribution is 5.91. The van der Waals surface area contributed by atoms with Crippen LogP contribution < -0.4 is 4.74 Å². The van der Waals surface area contributed by atoms with Crippen LogP contribution in [0.2, 0.25) is 0 Å². The van der Waals surface area contributed by atoms with E-state index in [9.17, 15) is 9.59 Å². The number of esters is 1. The van der Waals surface area contributed by atoms with Gasteiger partial charge >= 0.3 is 5.97 Å². The Bertz CT molecular complexity index is 1310. The number of rotatable bonds is 9.